The molecular formula is C21H16F8N6. The zero-order valence-corrected chi connectivity index (χ0v) is 17.6. The molecule has 4 rings (SSSR count). The van der Waals surface area contributed by atoms with Crippen molar-refractivity contribution in [1.82, 2.24) is 24.9 Å². The van der Waals surface area contributed by atoms with Gasteiger partial charge in [0.05, 0.1) is 5.69 Å². The van der Waals surface area contributed by atoms with Crippen LogP contribution in [0.25, 0.3) is 11.5 Å². The molecule has 3 aromatic heterocycles. The lowest BCUT2D eigenvalue weighted by Crippen LogP contribution is -2.25. The number of anilines is 2. The second kappa shape index (κ2) is 8.96. The molecule has 1 N–H and O–H groups in total. The van der Waals surface area contributed by atoms with Crippen molar-refractivity contribution in [3.8, 4) is 11.5 Å². The normalized spacial score (nSPS) is 16.8. The van der Waals surface area contributed by atoms with Gasteiger partial charge in [-0.15, -0.1) is 0 Å². The topological polar surface area (TPSA) is 76.5 Å². The summed E-state index contributed by atoms with van der Waals surface area (Å²) in [4.78, 5) is 19.0. The van der Waals surface area contributed by atoms with Crippen LogP contribution in [0.15, 0.2) is 36.5 Å². The molecule has 0 atom stereocenters. The first kappa shape index (κ1) is 24.7. The van der Waals surface area contributed by atoms with E-state index in [2.05, 4.69) is 30.2 Å². The van der Waals surface area contributed by atoms with E-state index >= 15 is 0 Å². The monoisotopic (exact) mass is 504 g/mol. The first-order chi connectivity index (χ1) is 16.3. The summed E-state index contributed by atoms with van der Waals surface area (Å²) < 4.78 is 107. The fourth-order valence-electron chi connectivity index (χ4n) is 3.61. The Hall–Kier alpha value is -3.45. The Morgan fingerprint density at radius 2 is 1.54 bits per heavy atom. The van der Waals surface area contributed by atoms with Crippen LogP contribution in [0, 0.1) is 0 Å². The largest absolute Gasteiger partial charge is 0.435 e. The average Bonchev–Trinajstić information content (AvgIpc) is 2.78. The molecule has 35 heavy (non-hydrogen) atoms. The molecule has 1 fully saturated rings. The lowest BCUT2D eigenvalue weighted by molar-refractivity contribution is -0.141. The fraction of sp³-hybridized carbons (Fsp3) is 0.381. The van der Waals surface area contributed by atoms with Crippen molar-refractivity contribution in [3.05, 3.63) is 53.7 Å². The zero-order valence-electron chi connectivity index (χ0n) is 17.6. The van der Waals surface area contributed by atoms with Crippen LogP contribution >= 0.6 is 0 Å². The van der Waals surface area contributed by atoms with Gasteiger partial charge < -0.3 is 5.32 Å². The van der Waals surface area contributed by atoms with Crippen molar-refractivity contribution < 1.29 is 35.1 Å². The average molecular weight is 504 g/mol. The Balaban J connectivity index is 1.78. The van der Waals surface area contributed by atoms with Gasteiger partial charge in [-0.05, 0) is 37.1 Å². The molecule has 6 nitrogen and oxygen atoms in total. The number of hydrogen-bond donors (Lipinski definition) is 1. The molecule has 0 saturated heterocycles. The maximum atomic E-state index is 13.6. The number of nitrogens with zero attached hydrogens (tertiary/aromatic N) is 5. The van der Waals surface area contributed by atoms with Gasteiger partial charge in [-0.3, -0.25) is 0 Å². The number of aromatic nitrogens is 5. The van der Waals surface area contributed by atoms with Gasteiger partial charge in [0.15, 0.2) is 11.5 Å². The molecule has 3 aromatic rings. The molecule has 0 spiro atoms. The lowest BCUT2D eigenvalue weighted by Gasteiger charge is -2.27. The van der Waals surface area contributed by atoms with E-state index in [-0.39, 0.29) is 30.2 Å². The van der Waals surface area contributed by atoms with Gasteiger partial charge in [0.1, 0.15) is 17.2 Å². The summed E-state index contributed by atoms with van der Waals surface area (Å²) in [5.74, 6) is -4.27. The van der Waals surface area contributed by atoms with Crippen LogP contribution in [-0.4, -0.2) is 30.8 Å². The molecule has 3 heterocycles. The molecule has 0 aromatic carbocycles. The van der Waals surface area contributed by atoms with Crippen LogP contribution in [0.5, 0.6) is 0 Å². The van der Waals surface area contributed by atoms with Crippen molar-refractivity contribution in [2.45, 2.75) is 49.9 Å². The van der Waals surface area contributed by atoms with Crippen LogP contribution in [0.4, 0.5) is 46.8 Å². The maximum absolute atomic E-state index is 13.6. The molecule has 1 aliphatic carbocycles. The number of halogens is 8. The first-order valence-corrected chi connectivity index (χ1v) is 10.3. The SMILES string of the molecule is FC1(F)CCC(c2nc(Nc3cccnc3C(F)(F)F)nc(-c3cccc(C(F)(F)F)n3)n2)CC1. The Kier molecular flexibility index (Phi) is 6.32. The molecule has 0 radical (unpaired) electrons. The summed E-state index contributed by atoms with van der Waals surface area (Å²) in [6.07, 6.45) is -9.60. The number of alkyl halides is 8. The highest BCUT2D eigenvalue weighted by molar-refractivity contribution is 5.59. The number of rotatable bonds is 4. The van der Waals surface area contributed by atoms with Gasteiger partial charge in [-0.25, -0.2) is 23.7 Å². The molecule has 1 saturated carbocycles. The molecule has 0 bridgehead atoms. The second-order valence-electron chi connectivity index (χ2n) is 7.90. The summed E-state index contributed by atoms with van der Waals surface area (Å²) in [6, 6.07) is 5.31. The third-order valence-corrected chi connectivity index (χ3v) is 5.33. The third kappa shape index (κ3) is 5.80. The minimum Gasteiger partial charge on any atom is -0.322 e. The predicted octanol–water partition coefficient (Wildman–Crippen LogP) is 6.40. The minimum absolute atomic E-state index is 0.0212. The quantitative estimate of drug-likeness (QED) is 0.415. The molecular weight excluding hydrogens is 488 g/mol. The van der Waals surface area contributed by atoms with Gasteiger partial charge in [-0.1, -0.05) is 6.07 Å². The Morgan fingerprint density at radius 1 is 0.829 bits per heavy atom. The van der Waals surface area contributed by atoms with Gasteiger partial charge in [-0.2, -0.15) is 36.3 Å². The molecule has 1 aliphatic rings. The van der Waals surface area contributed by atoms with E-state index in [0.717, 1.165) is 24.4 Å². The van der Waals surface area contributed by atoms with E-state index in [0.29, 0.717) is 0 Å². The highest BCUT2D eigenvalue weighted by atomic mass is 19.4. The highest BCUT2D eigenvalue weighted by Crippen LogP contribution is 2.41. The summed E-state index contributed by atoms with van der Waals surface area (Å²) in [5.41, 5.74) is -3.31. The third-order valence-electron chi connectivity index (χ3n) is 5.33. The van der Waals surface area contributed by atoms with E-state index in [1.54, 1.807) is 0 Å². The molecule has 0 unspecified atom stereocenters. The predicted molar refractivity (Wildman–Crippen MR) is 107 cm³/mol. The van der Waals surface area contributed by atoms with Crippen LogP contribution in [0.2, 0.25) is 0 Å². The van der Waals surface area contributed by atoms with Gasteiger partial charge in [0.25, 0.3) is 0 Å². The second-order valence-corrected chi connectivity index (χ2v) is 7.90. The van der Waals surface area contributed by atoms with Crippen LogP contribution < -0.4 is 5.32 Å². The summed E-state index contributed by atoms with van der Waals surface area (Å²) in [5, 5.41) is 2.39. The van der Waals surface area contributed by atoms with Crippen LogP contribution in [-0.2, 0) is 12.4 Å². The van der Waals surface area contributed by atoms with E-state index in [1.807, 2.05) is 0 Å². The lowest BCUT2D eigenvalue weighted by atomic mass is 9.86. The number of hydrogen-bond acceptors (Lipinski definition) is 6. The van der Waals surface area contributed by atoms with Gasteiger partial charge in [0.2, 0.25) is 11.9 Å². The molecule has 186 valence electrons. The highest BCUT2D eigenvalue weighted by Gasteiger charge is 2.38. The van der Waals surface area contributed by atoms with Crippen molar-refractivity contribution in [3.63, 3.8) is 0 Å². The van der Waals surface area contributed by atoms with Crippen molar-refractivity contribution in [2.24, 2.45) is 0 Å². The Morgan fingerprint density at radius 3 is 2.20 bits per heavy atom. The van der Waals surface area contributed by atoms with Crippen molar-refractivity contribution in [2.75, 3.05) is 5.32 Å². The smallest absolute Gasteiger partial charge is 0.322 e. The standard InChI is InChI=1S/C21H16F8N6/c22-19(23)8-6-11(7-9-19)16-33-17(13-3-1-5-14(31-13)20(24,25)26)35-18(34-16)32-12-4-2-10-30-15(12)21(27,28)29/h1-5,10-11H,6-9H2,(H,32,33,34,35). The van der Waals surface area contributed by atoms with Crippen molar-refractivity contribution in [1.29, 1.82) is 0 Å². The number of nitrogens with one attached hydrogen (secondary N) is 1. The fourth-order valence-corrected chi connectivity index (χ4v) is 3.61. The first-order valence-electron chi connectivity index (χ1n) is 10.3. The van der Waals surface area contributed by atoms with Gasteiger partial charge >= 0.3 is 12.4 Å². The zero-order chi connectivity index (χ0) is 25.4. The maximum Gasteiger partial charge on any atom is 0.435 e. The van der Waals surface area contributed by atoms with E-state index in [9.17, 15) is 35.1 Å². The number of pyridine rings is 2. The summed E-state index contributed by atoms with van der Waals surface area (Å²) in [7, 11) is 0. The van der Waals surface area contributed by atoms with Crippen LogP contribution in [0.1, 0.15) is 48.8 Å². The van der Waals surface area contributed by atoms with E-state index in [4.69, 9.17) is 0 Å². The molecule has 14 heteroatoms. The Labute approximate surface area is 192 Å². The molecule has 0 amide bonds. The van der Waals surface area contributed by atoms with Crippen molar-refractivity contribution >= 4 is 11.6 Å². The van der Waals surface area contributed by atoms with E-state index in [1.165, 1.54) is 12.1 Å². The van der Waals surface area contributed by atoms with Gasteiger partial charge in [0, 0.05) is 25.0 Å². The van der Waals surface area contributed by atoms with Crippen LogP contribution in [0.3, 0.4) is 0 Å². The Bertz CT molecular complexity index is 1200. The molecule has 0 aliphatic heterocycles. The minimum atomic E-state index is -4.82. The summed E-state index contributed by atoms with van der Waals surface area (Å²) in [6.45, 7) is 0. The van der Waals surface area contributed by atoms with E-state index < -0.39 is 60.1 Å². The summed E-state index contributed by atoms with van der Waals surface area (Å²) >= 11 is 0.